The van der Waals surface area contributed by atoms with Crippen LogP contribution in [-0.2, 0) is 4.79 Å². The van der Waals surface area contributed by atoms with E-state index in [4.69, 9.17) is 5.73 Å². The first-order valence-electron chi connectivity index (χ1n) is 6.07. The number of anilines is 1. The zero-order valence-electron chi connectivity index (χ0n) is 11.1. The van der Waals surface area contributed by atoms with E-state index >= 15 is 0 Å². The van der Waals surface area contributed by atoms with Gasteiger partial charge in [-0.05, 0) is 25.0 Å². The van der Waals surface area contributed by atoms with Crippen molar-refractivity contribution in [3.63, 3.8) is 0 Å². The van der Waals surface area contributed by atoms with Gasteiger partial charge in [0.25, 0.3) is 0 Å². The molecule has 0 bridgehead atoms. The number of hydrogen-bond acceptors (Lipinski definition) is 2. The van der Waals surface area contributed by atoms with Crippen molar-refractivity contribution in [2.24, 2.45) is 11.7 Å². The van der Waals surface area contributed by atoms with Crippen molar-refractivity contribution in [2.75, 3.05) is 11.9 Å². The van der Waals surface area contributed by atoms with Crippen LogP contribution in [0.2, 0.25) is 0 Å². The average molecular weight is 234 g/mol. The molecule has 2 atom stereocenters. The summed E-state index contributed by atoms with van der Waals surface area (Å²) in [6, 6.07) is 7.45. The molecule has 1 amide bonds. The van der Waals surface area contributed by atoms with E-state index in [-0.39, 0.29) is 11.8 Å². The lowest BCUT2D eigenvalue weighted by Gasteiger charge is -2.24. The lowest BCUT2D eigenvalue weighted by molar-refractivity contribution is -0.120. The van der Waals surface area contributed by atoms with Crippen molar-refractivity contribution >= 4 is 11.6 Å². The minimum Gasteiger partial charge on any atom is -0.320 e. The maximum Gasteiger partial charge on any atom is 0.243 e. The molecule has 94 valence electrons. The van der Waals surface area contributed by atoms with Crippen molar-refractivity contribution in [3.05, 3.63) is 29.8 Å². The number of carbonyl (C=O) groups is 1. The highest BCUT2D eigenvalue weighted by Crippen LogP contribution is 2.16. The van der Waals surface area contributed by atoms with Crippen molar-refractivity contribution in [1.82, 2.24) is 0 Å². The van der Waals surface area contributed by atoms with Gasteiger partial charge in [-0.1, -0.05) is 38.0 Å². The van der Waals surface area contributed by atoms with E-state index in [0.29, 0.717) is 0 Å². The third-order valence-corrected chi connectivity index (χ3v) is 3.29. The van der Waals surface area contributed by atoms with Crippen molar-refractivity contribution < 1.29 is 4.79 Å². The molecule has 0 radical (unpaired) electrons. The quantitative estimate of drug-likeness (QED) is 0.869. The average Bonchev–Trinajstić information content (AvgIpc) is 2.36. The lowest BCUT2D eigenvalue weighted by Crippen LogP contribution is -2.45. The third-order valence-electron chi connectivity index (χ3n) is 3.29. The molecular formula is C14H22N2O. The first-order chi connectivity index (χ1) is 7.97. The maximum atomic E-state index is 12.1. The number of amides is 1. The molecule has 0 saturated carbocycles. The fourth-order valence-electron chi connectivity index (χ4n) is 1.62. The van der Waals surface area contributed by atoms with E-state index in [1.54, 1.807) is 11.9 Å². The Morgan fingerprint density at radius 1 is 1.35 bits per heavy atom. The van der Waals surface area contributed by atoms with Crippen molar-refractivity contribution in [2.45, 2.75) is 33.2 Å². The molecule has 0 saturated heterocycles. The molecule has 3 nitrogen and oxygen atoms in total. The fraction of sp³-hybridized carbons (Fsp3) is 0.500. The van der Waals surface area contributed by atoms with Gasteiger partial charge in [0.15, 0.2) is 0 Å². The first kappa shape index (κ1) is 13.7. The number of benzene rings is 1. The standard InChI is InChI=1S/C14H22N2O/c1-5-11(3)13(15)14(17)16(4)12-8-6-10(2)7-9-12/h6-9,11,13H,5,15H2,1-4H3/t11-,13-/m0/s1. The van der Waals surface area contributed by atoms with Gasteiger partial charge in [-0.25, -0.2) is 0 Å². The summed E-state index contributed by atoms with van der Waals surface area (Å²) in [5, 5.41) is 0. The summed E-state index contributed by atoms with van der Waals surface area (Å²) in [5.41, 5.74) is 8.02. The van der Waals surface area contributed by atoms with Gasteiger partial charge in [0.2, 0.25) is 5.91 Å². The zero-order valence-corrected chi connectivity index (χ0v) is 11.1. The van der Waals surface area contributed by atoms with Crippen molar-refractivity contribution in [3.8, 4) is 0 Å². The highest BCUT2D eigenvalue weighted by Gasteiger charge is 2.23. The molecule has 3 heteroatoms. The third kappa shape index (κ3) is 3.30. The molecule has 1 aromatic carbocycles. The highest BCUT2D eigenvalue weighted by atomic mass is 16.2. The minimum absolute atomic E-state index is 0.0248. The second-order valence-electron chi connectivity index (χ2n) is 4.64. The van der Waals surface area contributed by atoms with E-state index in [1.165, 1.54) is 5.56 Å². The Balaban J connectivity index is 2.79. The monoisotopic (exact) mass is 234 g/mol. The summed E-state index contributed by atoms with van der Waals surface area (Å²) < 4.78 is 0. The van der Waals surface area contributed by atoms with Crippen LogP contribution in [0.15, 0.2) is 24.3 Å². The van der Waals surface area contributed by atoms with E-state index in [0.717, 1.165) is 12.1 Å². The molecule has 0 fully saturated rings. The Hall–Kier alpha value is -1.35. The van der Waals surface area contributed by atoms with Crippen LogP contribution >= 0.6 is 0 Å². The van der Waals surface area contributed by atoms with E-state index in [9.17, 15) is 4.79 Å². The Labute approximate surface area is 104 Å². The smallest absolute Gasteiger partial charge is 0.243 e. The molecule has 0 aliphatic carbocycles. The number of carbonyl (C=O) groups excluding carboxylic acids is 1. The maximum absolute atomic E-state index is 12.1. The molecule has 0 aromatic heterocycles. The molecule has 1 rings (SSSR count). The van der Waals surface area contributed by atoms with Crippen LogP contribution in [0.4, 0.5) is 5.69 Å². The van der Waals surface area contributed by atoms with Crippen LogP contribution in [0.25, 0.3) is 0 Å². The number of hydrogen-bond donors (Lipinski definition) is 1. The predicted molar refractivity (Wildman–Crippen MR) is 72.0 cm³/mol. The van der Waals surface area contributed by atoms with Crippen molar-refractivity contribution in [1.29, 1.82) is 0 Å². The Morgan fingerprint density at radius 3 is 2.35 bits per heavy atom. The summed E-state index contributed by atoms with van der Waals surface area (Å²) >= 11 is 0. The molecule has 0 heterocycles. The van der Waals surface area contributed by atoms with Crippen LogP contribution in [0.5, 0.6) is 0 Å². The molecule has 0 spiro atoms. The molecule has 0 aliphatic heterocycles. The Bertz CT molecular complexity index is 372. The normalized spacial score (nSPS) is 14.2. The molecule has 2 N–H and O–H groups in total. The number of rotatable bonds is 4. The van der Waals surface area contributed by atoms with Gasteiger partial charge >= 0.3 is 0 Å². The fourth-order valence-corrected chi connectivity index (χ4v) is 1.62. The Morgan fingerprint density at radius 2 is 1.88 bits per heavy atom. The van der Waals surface area contributed by atoms with Gasteiger partial charge in [-0.3, -0.25) is 4.79 Å². The predicted octanol–water partition coefficient (Wildman–Crippen LogP) is 2.33. The van der Waals surface area contributed by atoms with Crippen LogP contribution in [0.1, 0.15) is 25.8 Å². The molecular weight excluding hydrogens is 212 g/mol. The largest absolute Gasteiger partial charge is 0.320 e. The summed E-state index contributed by atoms with van der Waals surface area (Å²) in [6.45, 7) is 6.08. The second-order valence-corrected chi connectivity index (χ2v) is 4.64. The first-order valence-corrected chi connectivity index (χ1v) is 6.07. The minimum atomic E-state index is -0.425. The molecule has 0 unspecified atom stereocenters. The zero-order chi connectivity index (χ0) is 13.0. The number of likely N-dealkylation sites (N-methyl/N-ethyl adjacent to an activating group) is 1. The summed E-state index contributed by atoms with van der Waals surface area (Å²) in [6.07, 6.45) is 0.911. The van der Waals surface area contributed by atoms with Gasteiger partial charge in [0.1, 0.15) is 0 Å². The van der Waals surface area contributed by atoms with Crippen LogP contribution in [0.3, 0.4) is 0 Å². The molecule has 1 aromatic rings. The summed E-state index contributed by atoms with van der Waals surface area (Å²) in [5.74, 6) is 0.179. The highest BCUT2D eigenvalue weighted by molar-refractivity contribution is 5.96. The molecule has 17 heavy (non-hydrogen) atoms. The van der Waals surface area contributed by atoms with Gasteiger partial charge in [-0.2, -0.15) is 0 Å². The number of aryl methyl sites for hydroxylation is 1. The van der Waals surface area contributed by atoms with Gasteiger partial charge in [-0.15, -0.1) is 0 Å². The van der Waals surface area contributed by atoms with Gasteiger partial charge in [0.05, 0.1) is 6.04 Å². The van der Waals surface area contributed by atoms with Crippen LogP contribution < -0.4 is 10.6 Å². The van der Waals surface area contributed by atoms with E-state index in [1.807, 2.05) is 45.0 Å². The Kier molecular flexibility index (Phi) is 4.70. The summed E-state index contributed by atoms with van der Waals surface area (Å²) in [4.78, 5) is 13.8. The van der Waals surface area contributed by atoms with Crippen LogP contribution in [-0.4, -0.2) is 19.0 Å². The molecule has 0 aliphatic rings. The topological polar surface area (TPSA) is 46.3 Å². The second kappa shape index (κ2) is 5.82. The lowest BCUT2D eigenvalue weighted by atomic mass is 9.99. The number of nitrogens with two attached hydrogens (primary N) is 1. The summed E-state index contributed by atoms with van der Waals surface area (Å²) in [7, 11) is 1.77. The SMILES string of the molecule is CC[C@H](C)[C@H](N)C(=O)N(C)c1ccc(C)cc1. The van der Waals surface area contributed by atoms with Gasteiger partial charge in [0, 0.05) is 12.7 Å². The van der Waals surface area contributed by atoms with Crippen LogP contribution in [0, 0.1) is 12.8 Å². The van der Waals surface area contributed by atoms with E-state index in [2.05, 4.69) is 0 Å². The number of nitrogens with zero attached hydrogens (tertiary/aromatic N) is 1. The van der Waals surface area contributed by atoms with E-state index < -0.39 is 6.04 Å². The van der Waals surface area contributed by atoms with Gasteiger partial charge < -0.3 is 10.6 Å².